The number of nitrogens with two attached hydrogens (primary N) is 1. The van der Waals surface area contributed by atoms with Crippen molar-refractivity contribution in [3.8, 4) is 0 Å². The molecule has 4 nitrogen and oxygen atoms in total. The Balaban J connectivity index is 1.93. The van der Waals surface area contributed by atoms with E-state index in [0.717, 1.165) is 25.3 Å². The Morgan fingerprint density at radius 3 is 3.12 bits per heavy atom. The van der Waals surface area contributed by atoms with Gasteiger partial charge in [0.1, 0.15) is 0 Å². The van der Waals surface area contributed by atoms with Crippen LogP contribution in [0.3, 0.4) is 0 Å². The van der Waals surface area contributed by atoms with Gasteiger partial charge in [-0.2, -0.15) is 16.9 Å². The second kappa shape index (κ2) is 5.89. The van der Waals surface area contributed by atoms with E-state index in [1.807, 2.05) is 22.6 Å². The molecule has 2 rings (SSSR count). The van der Waals surface area contributed by atoms with E-state index in [1.165, 1.54) is 11.3 Å². The minimum atomic E-state index is 0.210. The van der Waals surface area contributed by atoms with Crippen LogP contribution in [0, 0.1) is 0 Å². The van der Waals surface area contributed by atoms with E-state index in [4.69, 9.17) is 5.73 Å². The SMILES string of the molecule is CCn1cc(CC(N)C2CSCCN2C)cn1. The van der Waals surface area contributed by atoms with Crippen LogP contribution < -0.4 is 5.73 Å². The predicted octanol–water partition coefficient (Wildman–Crippen LogP) is 0.820. The molecular weight excluding hydrogens is 232 g/mol. The zero-order valence-electron chi connectivity index (χ0n) is 10.7. The van der Waals surface area contributed by atoms with Gasteiger partial charge in [-0.1, -0.05) is 0 Å². The van der Waals surface area contributed by atoms with Gasteiger partial charge in [0.2, 0.25) is 0 Å². The molecule has 1 aromatic heterocycles. The number of hydrogen-bond acceptors (Lipinski definition) is 4. The minimum Gasteiger partial charge on any atom is -0.326 e. The number of rotatable bonds is 4. The molecule has 0 radical (unpaired) electrons. The Bertz CT molecular complexity index is 352. The van der Waals surface area contributed by atoms with Crippen LogP contribution in [0.25, 0.3) is 0 Å². The summed E-state index contributed by atoms with van der Waals surface area (Å²) in [4.78, 5) is 2.39. The molecule has 1 aliphatic heterocycles. The summed E-state index contributed by atoms with van der Waals surface area (Å²) in [6, 6.07) is 0.709. The maximum absolute atomic E-state index is 6.33. The van der Waals surface area contributed by atoms with Gasteiger partial charge >= 0.3 is 0 Å². The van der Waals surface area contributed by atoms with Gasteiger partial charge in [-0.15, -0.1) is 0 Å². The van der Waals surface area contributed by atoms with E-state index >= 15 is 0 Å². The van der Waals surface area contributed by atoms with Crippen LogP contribution in [0.4, 0.5) is 0 Å². The monoisotopic (exact) mass is 254 g/mol. The summed E-state index contributed by atoms with van der Waals surface area (Å²) < 4.78 is 1.96. The zero-order chi connectivity index (χ0) is 12.3. The average molecular weight is 254 g/mol. The van der Waals surface area contributed by atoms with Gasteiger partial charge in [0.25, 0.3) is 0 Å². The lowest BCUT2D eigenvalue weighted by molar-refractivity contribution is 0.235. The summed E-state index contributed by atoms with van der Waals surface area (Å²) in [5.74, 6) is 2.38. The Hall–Kier alpha value is -0.520. The fourth-order valence-electron chi connectivity index (χ4n) is 2.25. The summed E-state index contributed by atoms with van der Waals surface area (Å²) in [5.41, 5.74) is 7.58. The molecule has 0 aliphatic carbocycles. The Labute approximate surface area is 108 Å². The molecule has 96 valence electrons. The van der Waals surface area contributed by atoms with E-state index in [-0.39, 0.29) is 6.04 Å². The van der Waals surface area contributed by atoms with Gasteiger partial charge < -0.3 is 10.6 Å². The molecule has 0 spiro atoms. The lowest BCUT2D eigenvalue weighted by atomic mass is 10.0. The number of thioether (sulfide) groups is 1. The molecule has 0 amide bonds. The smallest absolute Gasteiger partial charge is 0.0522 e. The number of hydrogen-bond donors (Lipinski definition) is 1. The van der Waals surface area contributed by atoms with Crippen LogP contribution in [0.5, 0.6) is 0 Å². The first kappa shape index (κ1) is 12.9. The fourth-order valence-corrected chi connectivity index (χ4v) is 3.58. The van der Waals surface area contributed by atoms with Crippen LogP contribution in [-0.4, -0.2) is 51.9 Å². The van der Waals surface area contributed by atoms with Crippen LogP contribution in [0.15, 0.2) is 12.4 Å². The maximum Gasteiger partial charge on any atom is 0.0522 e. The molecule has 2 unspecified atom stereocenters. The molecule has 2 heterocycles. The minimum absolute atomic E-state index is 0.210. The van der Waals surface area contributed by atoms with Crippen molar-refractivity contribution in [2.24, 2.45) is 5.73 Å². The predicted molar refractivity (Wildman–Crippen MR) is 73.3 cm³/mol. The van der Waals surface area contributed by atoms with Crippen molar-refractivity contribution in [2.45, 2.75) is 32.0 Å². The van der Waals surface area contributed by atoms with Crippen molar-refractivity contribution < 1.29 is 0 Å². The zero-order valence-corrected chi connectivity index (χ0v) is 11.5. The first-order chi connectivity index (χ1) is 8.20. The van der Waals surface area contributed by atoms with E-state index in [2.05, 4.69) is 30.2 Å². The highest BCUT2D eigenvalue weighted by atomic mass is 32.2. The molecule has 1 fully saturated rings. The van der Waals surface area contributed by atoms with Crippen molar-refractivity contribution in [3.05, 3.63) is 18.0 Å². The molecule has 0 aromatic carbocycles. The Morgan fingerprint density at radius 1 is 1.65 bits per heavy atom. The lowest BCUT2D eigenvalue weighted by Crippen LogP contribution is -2.51. The van der Waals surface area contributed by atoms with Crippen molar-refractivity contribution in [1.82, 2.24) is 14.7 Å². The third-order valence-corrected chi connectivity index (χ3v) is 4.47. The molecule has 2 atom stereocenters. The van der Waals surface area contributed by atoms with Crippen LogP contribution in [0.2, 0.25) is 0 Å². The molecule has 0 bridgehead atoms. The molecule has 1 aliphatic rings. The highest BCUT2D eigenvalue weighted by Gasteiger charge is 2.25. The summed E-state index contributed by atoms with van der Waals surface area (Å²) in [6.07, 6.45) is 4.98. The maximum atomic E-state index is 6.33. The van der Waals surface area contributed by atoms with Crippen LogP contribution in [0.1, 0.15) is 12.5 Å². The third kappa shape index (κ3) is 3.24. The Kier molecular flexibility index (Phi) is 4.48. The van der Waals surface area contributed by atoms with Gasteiger partial charge in [-0.05, 0) is 26.0 Å². The van der Waals surface area contributed by atoms with Crippen molar-refractivity contribution >= 4 is 11.8 Å². The van der Waals surface area contributed by atoms with Gasteiger partial charge in [0, 0.05) is 42.9 Å². The third-order valence-electron chi connectivity index (χ3n) is 3.42. The number of likely N-dealkylation sites (N-methyl/N-ethyl adjacent to an activating group) is 1. The van der Waals surface area contributed by atoms with Crippen LogP contribution >= 0.6 is 11.8 Å². The highest BCUT2D eigenvalue weighted by molar-refractivity contribution is 7.99. The fraction of sp³-hybridized carbons (Fsp3) is 0.750. The van der Waals surface area contributed by atoms with E-state index in [1.54, 1.807) is 0 Å². The van der Waals surface area contributed by atoms with Crippen molar-refractivity contribution in [2.75, 3.05) is 25.1 Å². The second-order valence-corrected chi connectivity index (χ2v) is 5.84. The first-order valence-electron chi connectivity index (χ1n) is 6.25. The number of nitrogens with zero attached hydrogens (tertiary/aromatic N) is 3. The second-order valence-electron chi connectivity index (χ2n) is 4.70. The normalized spacial score (nSPS) is 23.8. The molecule has 1 saturated heterocycles. The average Bonchev–Trinajstić information content (AvgIpc) is 2.77. The van der Waals surface area contributed by atoms with Gasteiger partial charge in [-0.3, -0.25) is 4.68 Å². The van der Waals surface area contributed by atoms with Crippen molar-refractivity contribution in [3.63, 3.8) is 0 Å². The standard InChI is InChI=1S/C12H22N4S/c1-3-16-8-10(7-14-16)6-11(13)12-9-17-5-4-15(12)2/h7-8,11-12H,3-6,9,13H2,1-2H3. The van der Waals surface area contributed by atoms with E-state index in [9.17, 15) is 0 Å². The van der Waals surface area contributed by atoms with Gasteiger partial charge in [-0.25, -0.2) is 0 Å². The number of aryl methyl sites for hydroxylation is 1. The summed E-state index contributed by atoms with van der Waals surface area (Å²) in [5, 5.41) is 4.29. The van der Waals surface area contributed by atoms with Gasteiger partial charge in [0.15, 0.2) is 0 Å². The summed E-state index contributed by atoms with van der Waals surface area (Å²) in [7, 11) is 2.18. The molecule has 2 N–H and O–H groups in total. The molecule has 1 aromatic rings. The largest absolute Gasteiger partial charge is 0.326 e. The van der Waals surface area contributed by atoms with Gasteiger partial charge in [0.05, 0.1) is 6.20 Å². The molecule has 5 heteroatoms. The van der Waals surface area contributed by atoms with E-state index < -0.39 is 0 Å². The molecule has 0 saturated carbocycles. The lowest BCUT2D eigenvalue weighted by Gasteiger charge is -2.36. The quantitative estimate of drug-likeness (QED) is 0.864. The van der Waals surface area contributed by atoms with E-state index in [0.29, 0.717) is 6.04 Å². The first-order valence-corrected chi connectivity index (χ1v) is 7.41. The summed E-state index contributed by atoms with van der Waals surface area (Å²) in [6.45, 7) is 4.17. The molecule has 17 heavy (non-hydrogen) atoms. The summed E-state index contributed by atoms with van der Waals surface area (Å²) >= 11 is 2.01. The number of aromatic nitrogens is 2. The Morgan fingerprint density at radius 2 is 2.47 bits per heavy atom. The van der Waals surface area contributed by atoms with Crippen molar-refractivity contribution in [1.29, 1.82) is 0 Å². The highest BCUT2D eigenvalue weighted by Crippen LogP contribution is 2.18. The molecular formula is C12H22N4S. The topological polar surface area (TPSA) is 47.1 Å². The van der Waals surface area contributed by atoms with Crippen LogP contribution in [-0.2, 0) is 13.0 Å².